The van der Waals surface area contributed by atoms with E-state index in [2.05, 4.69) is 21.9 Å². The van der Waals surface area contributed by atoms with Crippen molar-refractivity contribution in [2.45, 2.75) is 25.3 Å². The zero-order chi connectivity index (χ0) is 13.3. The van der Waals surface area contributed by atoms with E-state index in [9.17, 15) is 14.4 Å². The first kappa shape index (κ1) is 15.2. The van der Waals surface area contributed by atoms with Crippen molar-refractivity contribution in [3.05, 3.63) is 12.7 Å². The van der Waals surface area contributed by atoms with Gasteiger partial charge in [-0.2, -0.15) is 0 Å². The Morgan fingerprint density at radius 1 is 1.41 bits per heavy atom. The van der Waals surface area contributed by atoms with Crippen molar-refractivity contribution in [2.75, 3.05) is 14.2 Å². The molecule has 6 heteroatoms. The van der Waals surface area contributed by atoms with Gasteiger partial charge in [0.15, 0.2) is 0 Å². The first-order valence-corrected chi connectivity index (χ1v) is 5.23. The number of hydrogen-bond donors (Lipinski definition) is 2. The lowest BCUT2D eigenvalue weighted by Crippen LogP contribution is -2.46. The van der Waals surface area contributed by atoms with Crippen LogP contribution < -0.4 is 10.6 Å². The molecule has 17 heavy (non-hydrogen) atoms. The smallest absolute Gasteiger partial charge is 0.308 e. The Morgan fingerprint density at radius 2 is 2.06 bits per heavy atom. The standard InChI is InChI=1S/C11H18N2O4/c1-4-5-6-9(14)13-8(11(16)12-2)7-10(15)17-3/h4,8H,1,5-7H2,2-3H3,(H,12,16)(H,13,14). The highest BCUT2D eigenvalue weighted by Crippen LogP contribution is 1.97. The maximum absolute atomic E-state index is 11.4. The van der Waals surface area contributed by atoms with Crippen molar-refractivity contribution in [1.82, 2.24) is 10.6 Å². The Bertz CT molecular complexity index is 302. The van der Waals surface area contributed by atoms with Crippen molar-refractivity contribution in [1.29, 1.82) is 0 Å². The molecule has 0 bridgehead atoms. The SMILES string of the molecule is C=CCCC(=O)NC(CC(=O)OC)C(=O)NC. The largest absolute Gasteiger partial charge is 0.469 e. The summed E-state index contributed by atoms with van der Waals surface area (Å²) in [5, 5.41) is 4.84. The fourth-order valence-corrected chi connectivity index (χ4v) is 1.13. The third-order valence-electron chi connectivity index (χ3n) is 2.07. The molecule has 2 N–H and O–H groups in total. The van der Waals surface area contributed by atoms with Gasteiger partial charge in [0.1, 0.15) is 6.04 Å². The molecule has 0 rings (SSSR count). The van der Waals surface area contributed by atoms with E-state index < -0.39 is 17.9 Å². The summed E-state index contributed by atoms with van der Waals surface area (Å²) in [6.07, 6.45) is 2.17. The summed E-state index contributed by atoms with van der Waals surface area (Å²) in [5.74, 6) is -1.28. The molecular weight excluding hydrogens is 224 g/mol. The van der Waals surface area contributed by atoms with Gasteiger partial charge in [-0.05, 0) is 6.42 Å². The molecule has 0 aromatic heterocycles. The average Bonchev–Trinajstić information content (AvgIpc) is 2.34. The number of nitrogens with one attached hydrogen (secondary N) is 2. The summed E-state index contributed by atoms with van der Waals surface area (Å²) in [4.78, 5) is 33.9. The van der Waals surface area contributed by atoms with Crippen LogP contribution in [-0.4, -0.2) is 38.0 Å². The maximum Gasteiger partial charge on any atom is 0.308 e. The van der Waals surface area contributed by atoms with E-state index in [1.54, 1.807) is 6.08 Å². The average molecular weight is 242 g/mol. The van der Waals surface area contributed by atoms with Gasteiger partial charge in [-0.3, -0.25) is 14.4 Å². The third-order valence-corrected chi connectivity index (χ3v) is 2.07. The lowest BCUT2D eigenvalue weighted by atomic mass is 10.1. The van der Waals surface area contributed by atoms with Gasteiger partial charge in [0.25, 0.3) is 0 Å². The minimum Gasteiger partial charge on any atom is -0.469 e. The van der Waals surface area contributed by atoms with E-state index in [4.69, 9.17) is 0 Å². The van der Waals surface area contributed by atoms with Gasteiger partial charge in [0, 0.05) is 13.5 Å². The molecule has 0 spiro atoms. The van der Waals surface area contributed by atoms with Gasteiger partial charge in [-0.15, -0.1) is 6.58 Å². The number of methoxy groups -OCH3 is 1. The van der Waals surface area contributed by atoms with Gasteiger partial charge in [0.2, 0.25) is 11.8 Å². The summed E-state index contributed by atoms with van der Waals surface area (Å²) in [5.41, 5.74) is 0. The molecule has 6 nitrogen and oxygen atoms in total. The van der Waals surface area contributed by atoms with Crippen molar-refractivity contribution in [2.24, 2.45) is 0 Å². The maximum atomic E-state index is 11.4. The molecule has 1 unspecified atom stereocenters. The predicted molar refractivity (Wildman–Crippen MR) is 62.1 cm³/mol. The summed E-state index contributed by atoms with van der Waals surface area (Å²) in [7, 11) is 2.66. The summed E-state index contributed by atoms with van der Waals surface area (Å²) in [6, 6.07) is -0.898. The van der Waals surface area contributed by atoms with Gasteiger partial charge >= 0.3 is 5.97 Å². The Morgan fingerprint density at radius 3 is 2.53 bits per heavy atom. The van der Waals surface area contributed by atoms with Crippen LogP contribution in [0, 0.1) is 0 Å². The fraction of sp³-hybridized carbons (Fsp3) is 0.545. The molecule has 0 fully saturated rings. The molecule has 0 heterocycles. The van der Waals surface area contributed by atoms with Crippen LogP contribution in [0.2, 0.25) is 0 Å². The second-order valence-electron chi connectivity index (χ2n) is 3.34. The van der Waals surface area contributed by atoms with E-state index in [0.717, 1.165) is 0 Å². The van der Waals surface area contributed by atoms with Gasteiger partial charge in [-0.25, -0.2) is 0 Å². The number of ether oxygens (including phenoxy) is 1. The van der Waals surface area contributed by atoms with Crippen LogP contribution in [0.5, 0.6) is 0 Å². The van der Waals surface area contributed by atoms with Crippen molar-refractivity contribution in [3.63, 3.8) is 0 Å². The van der Waals surface area contributed by atoms with Crippen molar-refractivity contribution >= 4 is 17.8 Å². The van der Waals surface area contributed by atoms with Crippen molar-refractivity contribution in [3.8, 4) is 0 Å². The van der Waals surface area contributed by atoms with Gasteiger partial charge in [-0.1, -0.05) is 6.08 Å². The molecule has 0 radical (unpaired) electrons. The minimum atomic E-state index is -0.898. The van der Waals surface area contributed by atoms with E-state index in [-0.39, 0.29) is 18.7 Å². The van der Waals surface area contributed by atoms with Gasteiger partial charge in [0.05, 0.1) is 13.5 Å². The highest BCUT2D eigenvalue weighted by atomic mass is 16.5. The number of carbonyl (C=O) groups is 3. The molecule has 0 aromatic rings. The van der Waals surface area contributed by atoms with E-state index >= 15 is 0 Å². The number of amides is 2. The number of likely N-dealkylation sites (N-methyl/N-ethyl adjacent to an activating group) is 1. The number of allylic oxidation sites excluding steroid dienone is 1. The molecule has 96 valence electrons. The van der Waals surface area contributed by atoms with Crippen LogP contribution in [0.15, 0.2) is 12.7 Å². The molecule has 0 aliphatic heterocycles. The third kappa shape index (κ3) is 6.34. The quantitative estimate of drug-likeness (QED) is 0.476. The Balaban J connectivity index is 4.37. The lowest BCUT2D eigenvalue weighted by molar-refractivity contribution is -0.143. The summed E-state index contributed by atoms with van der Waals surface area (Å²) >= 11 is 0. The van der Waals surface area contributed by atoms with Crippen LogP contribution in [0.1, 0.15) is 19.3 Å². The van der Waals surface area contributed by atoms with Gasteiger partial charge < -0.3 is 15.4 Å². The Hall–Kier alpha value is -1.85. The predicted octanol–water partition coefficient (Wildman–Crippen LogP) is -0.253. The first-order chi connectivity index (χ1) is 8.04. The van der Waals surface area contributed by atoms with Crippen molar-refractivity contribution < 1.29 is 19.1 Å². The summed E-state index contributed by atoms with van der Waals surface area (Å²) < 4.78 is 4.45. The first-order valence-electron chi connectivity index (χ1n) is 5.23. The zero-order valence-corrected chi connectivity index (χ0v) is 10.1. The number of carbonyl (C=O) groups excluding carboxylic acids is 3. The van der Waals surface area contributed by atoms with E-state index in [1.807, 2.05) is 0 Å². The number of hydrogen-bond acceptors (Lipinski definition) is 4. The second kappa shape index (κ2) is 8.32. The molecule has 2 amide bonds. The molecule has 0 aliphatic rings. The number of rotatable bonds is 7. The van der Waals surface area contributed by atoms with Crippen LogP contribution >= 0.6 is 0 Å². The minimum absolute atomic E-state index is 0.185. The fourth-order valence-electron chi connectivity index (χ4n) is 1.13. The van der Waals surface area contributed by atoms with Crippen LogP contribution in [0.4, 0.5) is 0 Å². The van der Waals surface area contributed by atoms with E-state index in [0.29, 0.717) is 6.42 Å². The molecule has 0 saturated heterocycles. The number of esters is 1. The lowest BCUT2D eigenvalue weighted by Gasteiger charge is -2.15. The summed E-state index contributed by atoms with van der Waals surface area (Å²) in [6.45, 7) is 3.49. The van der Waals surface area contributed by atoms with E-state index in [1.165, 1.54) is 14.2 Å². The van der Waals surface area contributed by atoms with Crippen LogP contribution in [0.3, 0.4) is 0 Å². The Labute approximate surface area is 100 Å². The highest BCUT2D eigenvalue weighted by molar-refractivity contribution is 5.90. The monoisotopic (exact) mass is 242 g/mol. The topological polar surface area (TPSA) is 84.5 Å². The molecule has 1 atom stereocenters. The zero-order valence-electron chi connectivity index (χ0n) is 10.1. The van der Waals surface area contributed by atoms with Crippen LogP contribution in [-0.2, 0) is 19.1 Å². The molecule has 0 aliphatic carbocycles. The highest BCUT2D eigenvalue weighted by Gasteiger charge is 2.22. The Kier molecular flexibility index (Phi) is 7.41. The second-order valence-corrected chi connectivity index (χ2v) is 3.34. The normalized spacial score (nSPS) is 11.2. The molecule has 0 saturated carbocycles. The molecular formula is C11H18N2O4. The van der Waals surface area contributed by atoms with Crippen LogP contribution in [0.25, 0.3) is 0 Å². The molecule has 0 aromatic carbocycles.